The molecule has 0 fully saturated rings. The average Bonchev–Trinajstić information content (AvgIpc) is 3.17. The number of allylic oxidation sites excluding steroid dienone is 2. The highest BCUT2D eigenvalue weighted by atomic mass is 16.5. The van der Waals surface area contributed by atoms with Crippen LogP contribution in [0.25, 0.3) is 6.08 Å². The third kappa shape index (κ3) is 6.32. The molecule has 190 valence electrons. The molecule has 1 aliphatic heterocycles. The number of nitrogens with two attached hydrogens (primary N) is 1. The fraction of sp³-hybridized carbons (Fsp3) is 0.241. The molecule has 0 radical (unpaired) electrons. The summed E-state index contributed by atoms with van der Waals surface area (Å²) in [4.78, 5) is 14.5. The van der Waals surface area contributed by atoms with Gasteiger partial charge in [-0.3, -0.25) is 4.79 Å². The molecule has 1 heterocycles. The summed E-state index contributed by atoms with van der Waals surface area (Å²) in [6.07, 6.45) is 4.68. The predicted molar refractivity (Wildman–Crippen MR) is 144 cm³/mol. The minimum Gasteiger partial charge on any atom is -0.489 e. The second-order valence-corrected chi connectivity index (χ2v) is 8.68. The molecule has 0 bridgehead atoms. The van der Waals surface area contributed by atoms with Gasteiger partial charge in [-0.15, -0.1) is 5.11 Å². The number of carbonyl (C=O) groups excluding carboxylic acids is 1. The van der Waals surface area contributed by atoms with Crippen LogP contribution in [0.2, 0.25) is 0 Å². The van der Waals surface area contributed by atoms with Gasteiger partial charge in [0.1, 0.15) is 29.6 Å². The van der Waals surface area contributed by atoms with Crippen molar-refractivity contribution in [3.05, 3.63) is 76.5 Å². The number of unbranched alkanes of at least 4 members (excludes halogenated alkanes) is 1. The van der Waals surface area contributed by atoms with Crippen molar-refractivity contribution in [3.63, 3.8) is 0 Å². The number of azo groups is 1. The molecular formula is C29H27N7O2. The van der Waals surface area contributed by atoms with E-state index in [2.05, 4.69) is 10.2 Å². The number of amides is 1. The Morgan fingerprint density at radius 3 is 2.39 bits per heavy atom. The van der Waals surface area contributed by atoms with Crippen LogP contribution in [0.1, 0.15) is 39.2 Å². The molecule has 0 spiro atoms. The van der Waals surface area contributed by atoms with Gasteiger partial charge in [0, 0.05) is 18.3 Å². The number of anilines is 1. The maximum atomic E-state index is 13.1. The number of ether oxygens (including phenoxy) is 1. The SMILES string of the molecule is CCCCN1C(=O)C(/C=C/c2ccc(N=Nc3ccc(N)cc3OC(C)C)cc2)=C(C#N)C1=C(C#N)C#N. The Labute approximate surface area is 222 Å². The Morgan fingerprint density at radius 1 is 1.08 bits per heavy atom. The van der Waals surface area contributed by atoms with Crippen LogP contribution in [0.15, 0.2) is 81.2 Å². The van der Waals surface area contributed by atoms with Gasteiger partial charge in [0.25, 0.3) is 5.91 Å². The van der Waals surface area contributed by atoms with E-state index in [1.165, 1.54) is 4.90 Å². The zero-order chi connectivity index (χ0) is 27.7. The van der Waals surface area contributed by atoms with Gasteiger partial charge in [0.05, 0.1) is 28.6 Å². The van der Waals surface area contributed by atoms with Crippen LogP contribution in [0, 0.1) is 34.0 Å². The first-order valence-electron chi connectivity index (χ1n) is 12.1. The molecule has 2 aromatic carbocycles. The molecular weight excluding hydrogens is 478 g/mol. The second kappa shape index (κ2) is 12.7. The van der Waals surface area contributed by atoms with Crippen LogP contribution >= 0.6 is 0 Å². The number of nitrogens with zero attached hydrogens (tertiary/aromatic N) is 6. The summed E-state index contributed by atoms with van der Waals surface area (Å²) in [6.45, 7) is 6.11. The third-order valence-corrected chi connectivity index (χ3v) is 5.51. The van der Waals surface area contributed by atoms with Crippen molar-refractivity contribution in [2.24, 2.45) is 10.2 Å². The molecule has 0 saturated heterocycles. The summed E-state index contributed by atoms with van der Waals surface area (Å²) in [5.41, 5.74) is 8.33. The molecule has 38 heavy (non-hydrogen) atoms. The fourth-order valence-corrected chi connectivity index (χ4v) is 3.71. The largest absolute Gasteiger partial charge is 0.489 e. The van der Waals surface area contributed by atoms with Crippen molar-refractivity contribution in [2.75, 3.05) is 12.3 Å². The molecule has 9 heteroatoms. The molecule has 2 aromatic rings. The molecule has 1 aliphatic rings. The Bertz CT molecular complexity index is 1440. The molecule has 2 N–H and O–H groups in total. The Balaban J connectivity index is 1.86. The Morgan fingerprint density at radius 2 is 1.79 bits per heavy atom. The topological polar surface area (TPSA) is 152 Å². The van der Waals surface area contributed by atoms with Crippen LogP contribution < -0.4 is 10.5 Å². The van der Waals surface area contributed by atoms with Crippen molar-refractivity contribution in [1.82, 2.24) is 4.90 Å². The molecule has 0 aromatic heterocycles. The van der Waals surface area contributed by atoms with Crippen molar-refractivity contribution in [1.29, 1.82) is 15.8 Å². The number of carbonyl (C=O) groups is 1. The first-order valence-corrected chi connectivity index (χ1v) is 12.1. The van der Waals surface area contributed by atoms with E-state index in [0.717, 1.165) is 12.0 Å². The summed E-state index contributed by atoms with van der Waals surface area (Å²) in [5, 5.41) is 37.1. The normalized spacial score (nSPS) is 13.3. The summed E-state index contributed by atoms with van der Waals surface area (Å²) >= 11 is 0. The lowest BCUT2D eigenvalue weighted by molar-refractivity contribution is -0.124. The second-order valence-electron chi connectivity index (χ2n) is 8.68. The molecule has 0 unspecified atom stereocenters. The van der Waals surface area contributed by atoms with Crippen LogP contribution in [0.4, 0.5) is 17.1 Å². The Kier molecular flexibility index (Phi) is 9.13. The van der Waals surface area contributed by atoms with Gasteiger partial charge < -0.3 is 15.4 Å². The summed E-state index contributed by atoms with van der Waals surface area (Å²) in [6, 6.07) is 17.9. The Hall–Kier alpha value is -5.20. The average molecular weight is 506 g/mol. The van der Waals surface area contributed by atoms with Gasteiger partial charge >= 0.3 is 0 Å². The molecule has 3 rings (SSSR count). The van der Waals surface area contributed by atoms with E-state index in [0.29, 0.717) is 35.8 Å². The van der Waals surface area contributed by atoms with Crippen molar-refractivity contribution >= 4 is 29.0 Å². The molecule has 0 atom stereocenters. The van der Waals surface area contributed by atoms with E-state index in [1.807, 2.05) is 26.8 Å². The number of benzene rings is 2. The van der Waals surface area contributed by atoms with E-state index in [9.17, 15) is 20.6 Å². The minimum atomic E-state index is -0.405. The predicted octanol–water partition coefficient (Wildman–Crippen LogP) is 6.25. The fourth-order valence-electron chi connectivity index (χ4n) is 3.71. The molecule has 1 amide bonds. The number of hydrogen-bond acceptors (Lipinski definition) is 8. The van der Waals surface area contributed by atoms with Crippen LogP contribution in [0.3, 0.4) is 0 Å². The highest BCUT2D eigenvalue weighted by Gasteiger charge is 2.36. The van der Waals surface area contributed by atoms with Crippen molar-refractivity contribution in [2.45, 2.75) is 39.7 Å². The molecule has 0 aliphatic carbocycles. The van der Waals surface area contributed by atoms with Gasteiger partial charge in [-0.25, -0.2) is 0 Å². The van der Waals surface area contributed by atoms with Gasteiger partial charge in [0.2, 0.25) is 0 Å². The zero-order valence-corrected chi connectivity index (χ0v) is 21.5. The molecule has 0 saturated carbocycles. The molecule has 9 nitrogen and oxygen atoms in total. The highest BCUT2D eigenvalue weighted by Crippen LogP contribution is 2.34. The van der Waals surface area contributed by atoms with Gasteiger partial charge in [-0.05, 0) is 56.2 Å². The quantitative estimate of drug-likeness (QED) is 0.242. The smallest absolute Gasteiger partial charge is 0.259 e. The summed E-state index contributed by atoms with van der Waals surface area (Å²) in [5.74, 6) is 0.140. The lowest BCUT2D eigenvalue weighted by Gasteiger charge is -2.18. The van der Waals surface area contributed by atoms with Crippen molar-refractivity contribution < 1.29 is 9.53 Å². The van der Waals surface area contributed by atoms with Gasteiger partial charge in [0.15, 0.2) is 5.57 Å². The first kappa shape index (κ1) is 27.4. The van der Waals surface area contributed by atoms with E-state index >= 15 is 0 Å². The first-order chi connectivity index (χ1) is 18.3. The maximum Gasteiger partial charge on any atom is 0.259 e. The zero-order valence-electron chi connectivity index (χ0n) is 21.5. The van der Waals surface area contributed by atoms with Crippen molar-refractivity contribution in [3.8, 4) is 24.0 Å². The number of nitrogen functional groups attached to an aromatic ring is 1. The maximum absolute atomic E-state index is 13.1. The lowest BCUT2D eigenvalue weighted by atomic mass is 10.1. The number of nitriles is 3. The van der Waals surface area contributed by atoms with E-state index < -0.39 is 5.91 Å². The van der Waals surface area contributed by atoms with E-state index in [1.54, 1.807) is 66.8 Å². The lowest BCUT2D eigenvalue weighted by Crippen LogP contribution is -2.27. The highest BCUT2D eigenvalue weighted by molar-refractivity contribution is 6.05. The minimum absolute atomic E-state index is 0.0220. The van der Waals surface area contributed by atoms with Crippen LogP contribution in [-0.2, 0) is 4.79 Å². The third-order valence-electron chi connectivity index (χ3n) is 5.51. The number of hydrogen-bond donors (Lipinski definition) is 1. The van der Waals surface area contributed by atoms with Crippen LogP contribution in [-0.4, -0.2) is 23.5 Å². The van der Waals surface area contributed by atoms with E-state index in [4.69, 9.17) is 10.5 Å². The summed E-state index contributed by atoms with van der Waals surface area (Å²) in [7, 11) is 0. The van der Waals surface area contributed by atoms with E-state index in [-0.39, 0.29) is 28.5 Å². The summed E-state index contributed by atoms with van der Waals surface area (Å²) < 4.78 is 5.77. The standard InChI is InChI=1S/C29H27N7O2/c1-4-5-14-36-28(21(16-30)17-31)25(18-32)24(29(36)37)12-8-20-6-10-23(11-7-20)34-35-26-13-9-22(33)15-27(26)38-19(2)3/h6-13,15,19H,4-5,14,33H2,1-3H3/b12-8+,35-34?. The van der Waals surface area contributed by atoms with Crippen LogP contribution in [0.5, 0.6) is 5.75 Å². The monoisotopic (exact) mass is 505 g/mol. The number of rotatable bonds is 9. The van der Waals surface area contributed by atoms with Gasteiger partial charge in [-0.1, -0.05) is 31.6 Å². The van der Waals surface area contributed by atoms with Gasteiger partial charge in [-0.2, -0.15) is 20.9 Å².